The van der Waals surface area contributed by atoms with Crippen molar-refractivity contribution in [3.8, 4) is 0 Å². The second kappa shape index (κ2) is 4.68. The van der Waals surface area contributed by atoms with Crippen LogP contribution in [0.3, 0.4) is 0 Å². The molecule has 0 radical (unpaired) electrons. The van der Waals surface area contributed by atoms with Crippen LogP contribution >= 0.6 is 0 Å². The average molecular weight is 219 g/mol. The molecule has 0 heterocycles. The number of hydrogen-bond acceptors (Lipinski definition) is 2. The summed E-state index contributed by atoms with van der Waals surface area (Å²) < 4.78 is 37.3. The zero-order valence-electron chi connectivity index (χ0n) is 7.51. The van der Waals surface area contributed by atoms with Gasteiger partial charge in [-0.15, -0.1) is 0 Å². The molecule has 0 saturated carbocycles. The van der Waals surface area contributed by atoms with Crippen LogP contribution in [0.4, 0.5) is 18.9 Å². The summed E-state index contributed by atoms with van der Waals surface area (Å²) in [4.78, 5) is 10.2. The minimum atomic E-state index is -2.74. The van der Waals surface area contributed by atoms with Gasteiger partial charge in [0.1, 0.15) is 12.4 Å². The van der Waals surface area contributed by atoms with Gasteiger partial charge in [-0.1, -0.05) is 6.07 Å². The number of anilines is 1. The van der Waals surface area contributed by atoms with Gasteiger partial charge in [-0.25, -0.2) is 13.2 Å². The summed E-state index contributed by atoms with van der Waals surface area (Å²) in [5, 5.41) is 10.6. The van der Waals surface area contributed by atoms with E-state index in [2.05, 4.69) is 5.32 Å². The van der Waals surface area contributed by atoms with Gasteiger partial charge in [0.2, 0.25) is 0 Å². The number of nitrogens with one attached hydrogen (secondary N) is 1. The Morgan fingerprint density at radius 2 is 2.13 bits per heavy atom. The lowest BCUT2D eigenvalue weighted by molar-refractivity contribution is -0.134. The van der Waals surface area contributed by atoms with E-state index in [0.29, 0.717) is 6.07 Å². The Kier molecular flexibility index (Phi) is 3.54. The minimum Gasteiger partial charge on any atom is -0.480 e. The maximum Gasteiger partial charge on any atom is 0.322 e. The number of carboxylic acid groups (broad SMARTS) is 1. The molecule has 0 aliphatic carbocycles. The second-order valence-corrected chi connectivity index (χ2v) is 2.79. The number of halogens is 3. The fourth-order valence-electron chi connectivity index (χ4n) is 0.981. The molecule has 0 unspecified atom stereocenters. The molecule has 1 aromatic carbocycles. The van der Waals surface area contributed by atoms with E-state index < -0.39 is 30.3 Å². The first-order valence-electron chi connectivity index (χ1n) is 4.04. The number of aliphatic carboxylic acids is 1. The van der Waals surface area contributed by atoms with Crippen molar-refractivity contribution in [1.82, 2.24) is 0 Å². The number of hydrogen-bond donors (Lipinski definition) is 2. The zero-order valence-corrected chi connectivity index (χ0v) is 7.51. The highest BCUT2D eigenvalue weighted by Gasteiger charge is 2.10. The van der Waals surface area contributed by atoms with Gasteiger partial charge in [0.25, 0.3) is 6.43 Å². The smallest absolute Gasteiger partial charge is 0.322 e. The third-order valence-corrected chi connectivity index (χ3v) is 1.68. The number of benzene rings is 1. The third kappa shape index (κ3) is 3.16. The molecule has 0 atom stereocenters. The van der Waals surface area contributed by atoms with E-state index in [1.54, 1.807) is 0 Å². The van der Waals surface area contributed by atoms with Crippen LogP contribution < -0.4 is 5.32 Å². The maximum atomic E-state index is 13.1. The Morgan fingerprint density at radius 3 is 2.60 bits per heavy atom. The first-order valence-corrected chi connectivity index (χ1v) is 4.04. The maximum absolute atomic E-state index is 13.1. The van der Waals surface area contributed by atoms with Crippen molar-refractivity contribution in [2.75, 3.05) is 11.9 Å². The van der Waals surface area contributed by atoms with Gasteiger partial charge in [0, 0.05) is 5.56 Å². The van der Waals surface area contributed by atoms with Crippen LogP contribution in [0.1, 0.15) is 12.0 Å². The lowest BCUT2D eigenvalue weighted by Crippen LogP contribution is -2.13. The van der Waals surface area contributed by atoms with Crippen molar-refractivity contribution in [1.29, 1.82) is 0 Å². The van der Waals surface area contributed by atoms with E-state index in [1.807, 2.05) is 0 Å². The van der Waals surface area contributed by atoms with Crippen LogP contribution in [0.2, 0.25) is 0 Å². The largest absolute Gasteiger partial charge is 0.480 e. The fraction of sp³-hybridized carbons (Fsp3) is 0.222. The number of rotatable bonds is 4. The van der Waals surface area contributed by atoms with Crippen LogP contribution in [0, 0.1) is 5.82 Å². The Balaban J connectivity index is 2.79. The van der Waals surface area contributed by atoms with E-state index in [4.69, 9.17) is 5.11 Å². The van der Waals surface area contributed by atoms with Crippen LogP contribution in [-0.2, 0) is 4.79 Å². The van der Waals surface area contributed by atoms with Gasteiger partial charge in [0.05, 0.1) is 5.69 Å². The second-order valence-electron chi connectivity index (χ2n) is 2.79. The molecule has 6 heteroatoms. The molecular weight excluding hydrogens is 211 g/mol. The zero-order chi connectivity index (χ0) is 11.4. The van der Waals surface area contributed by atoms with Crippen molar-refractivity contribution in [3.05, 3.63) is 29.6 Å². The predicted molar refractivity (Wildman–Crippen MR) is 47.5 cm³/mol. The molecule has 0 aliphatic heterocycles. The summed E-state index contributed by atoms with van der Waals surface area (Å²) in [6, 6.07) is 2.80. The SMILES string of the molecule is O=C(O)CNc1ccc(C(F)F)cc1F. The summed E-state index contributed by atoms with van der Waals surface area (Å²) in [5.74, 6) is -2.05. The van der Waals surface area contributed by atoms with Gasteiger partial charge < -0.3 is 10.4 Å². The monoisotopic (exact) mass is 219 g/mol. The molecule has 3 nitrogen and oxygen atoms in total. The quantitative estimate of drug-likeness (QED) is 0.816. The first-order chi connectivity index (χ1) is 7.00. The van der Waals surface area contributed by atoms with Crippen molar-refractivity contribution in [2.45, 2.75) is 6.43 Å². The predicted octanol–water partition coefficient (Wildman–Crippen LogP) is 2.26. The van der Waals surface area contributed by atoms with Crippen LogP contribution in [0.15, 0.2) is 18.2 Å². The molecule has 1 aromatic rings. The minimum absolute atomic E-state index is 0.109. The van der Waals surface area contributed by atoms with E-state index >= 15 is 0 Å². The third-order valence-electron chi connectivity index (χ3n) is 1.68. The average Bonchev–Trinajstić information content (AvgIpc) is 2.15. The van der Waals surface area contributed by atoms with Crippen molar-refractivity contribution in [2.24, 2.45) is 0 Å². The summed E-state index contributed by atoms with van der Waals surface area (Å²) >= 11 is 0. The van der Waals surface area contributed by atoms with E-state index in [1.165, 1.54) is 0 Å². The first kappa shape index (κ1) is 11.4. The molecule has 1 rings (SSSR count). The molecule has 0 fully saturated rings. The highest BCUT2D eigenvalue weighted by molar-refractivity contribution is 5.72. The summed E-state index contributed by atoms with van der Waals surface area (Å²) in [6.07, 6.45) is -2.74. The molecular formula is C9H8F3NO2. The molecule has 82 valence electrons. The Hall–Kier alpha value is -1.72. The number of carbonyl (C=O) groups is 1. The highest BCUT2D eigenvalue weighted by Crippen LogP contribution is 2.23. The standard InChI is InChI=1S/C9H8F3NO2/c10-6-3-5(9(11)12)1-2-7(6)13-4-8(14)15/h1-3,9,13H,4H2,(H,14,15). The van der Waals surface area contributed by atoms with Gasteiger partial charge in [0.15, 0.2) is 0 Å². The van der Waals surface area contributed by atoms with Crippen LogP contribution in [0.25, 0.3) is 0 Å². The van der Waals surface area contributed by atoms with E-state index in [-0.39, 0.29) is 5.69 Å². The lowest BCUT2D eigenvalue weighted by Gasteiger charge is -2.06. The highest BCUT2D eigenvalue weighted by atomic mass is 19.3. The van der Waals surface area contributed by atoms with Gasteiger partial charge in [-0.3, -0.25) is 4.79 Å². The summed E-state index contributed by atoms with van der Waals surface area (Å²) in [6.45, 7) is -0.467. The van der Waals surface area contributed by atoms with Crippen LogP contribution in [0.5, 0.6) is 0 Å². The topological polar surface area (TPSA) is 49.3 Å². The molecule has 0 aliphatic rings. The molecule has 0 amide bonds. The molecule has 0 spiro atoms. The van der Waals surface area contributed by atoms with Crippen molar-refractivity contribution in [3.63, 3.8) is 0 Å². The molecule has 0 aromatic heterocycles. The number of carboxylic acids is 1. The Bertz CT molecular complexity index is 368. The lowest BCUT2D eigenvalue weighted by atomic mass is 10.2. The Morgan fingerprint density at radius 1 is 1.47 bits per heavy atom. The van der Waals surface area contributed by atoms with Crippen molar-refractivity contribution < 1.29 is 23.1 Å². The van der Waals surface area contributed by atoms with Crippen LogP contribution in [-0.4, -0.2) is 17.6 Å². The summed E-state index contributed by atoms with van der Waals surface area (Å²) in [5.41, 5.74) is -0.546. The number of alkyl halides is 2. The van der Waals surface area contributed by atoms with Gasteiger partial charge in [-0.05, 0) is 12.1 Å². The molecule has 2 N–H and O–H groups in total. The molecule has 0 saturated heterocycles. The van der Waals surface area contributed by atoms with Gasteiger partial charge >= 0.3 is 5.97 Å². The molecule has 15 heavy (non-hydrogen) atoms. The Labute approximate surface area is 83.5 Å². The van der Waals surface area contributed by atoms with E-state index in [0.717, 1.165) is 12.1 Å². The normalized spacial score (nSPS) is 10.4. The van der Waals surface area contributed by atoms with E-state index in [9.17, 15) is 18.0 Å². The summed E-state index contributed by atoms with van der Waals surface area (Å²) in [7, 11) is 0. The molecule has 0 bridgehead atoms. The van der Waals surface area contributed by atoms with Gasteiger partial charge in [-0.2, -0.15) is 0 Å². The fourth-order valence-corrected chi connectivity index (χ4v) is 0.981. The van der Waals surface area contributed by atoms with Crippen molar-refractivity contribution >= 4 is 11.7 Å².